The third-order valence-electron chi connectivity index (χ3n) is 1.79. The molecule has 3 N–H and O–H groups in total. The van der Waals surface area contributed by atoms with Crippen molar-refractivity contribution in [1.82, 2.24) is 10.2 Å². The molecule has 0 aliphatic heterocycles. The second-order valence-electron chi connectivity index (χ2n) is 2.94. The first kappa shape index (κ1) is 11.2. The number of hydrogen-bond donors (Lipinski definition) is 2. The summed E-state index contributed by atoms with van der Waals surface area (Å²) in [6.07, 6.45) is 0.823. The van der Waals surface area contributed by atoms with Gasteiger partial charge >= 0.3 is 6.03 Å². The summed E-state index contributed by atoms with van der Waals surface area (Å²) in [5.41, 5.74) is 5.35. The van der Waals surface area contributed by atoms with Gasteiger partial charge in [0.2, 0.25) is 0 Å². The van der Waals surface area contributed by atoms with E-state index >= 15 is 0 Å². The molecule has 4 nitrogen and oxygen atoms in total. The highest BCUT2D eigenvalue weighted by molar-refractivity contribution is 5.74. The van der Waals surface area contributed by atoms with E-state index < -0.39 is 0 Å². The molecule has 2 amide bonds. The van der Waals surface area contributed by atoms with Gasteiger partial charge in [0, 0.05) is 19.6 Å². The van der Waals surface area contributed by atoms with Crippen molar-refractivity contribution in [3.63, 3.8) is 0 Å². The van der Waals surface area contributed by atoms with Crippen LogP contribution in [0.25, 0.3) is 0 Å². The van der Waals surface area contributed by atoms with Gasteiger partial charge in [-0.15, -0.1) is 0 Å². The van der Waals surface area contributed by atoms with Gasteiger partial charge in [-0.1, -0.05) is 0 Å². The fraction of sp³-hybridized carbons (Fsp3) is 0.875. The van der Waals surface area contributed by atoms with E-state index in [4.69, 9.17) is 5.73 Å². The Bertz CT molecular complexity index is 138. The second kappa shape index (κ2) is 5.83. The summed E-state index contributed by atoms with van der Waals surface area (Å²) in [7, 11) is 1.77. The van der Waals surface area contributed by atoms with E-state index in [0.29, 0.717) is 6.54 Å². The molecule has 0 bridgehead atoms. The average Bonchev–Trinajstić information content (AvgIpc) is 2.03. The lowest BCUT2D eigenvalue weighted by molar-refractivity contribution is 0.207. The largest absolute Gasteiger partial charge is 0.335 e. The quantitative estimate of drug-likeness (QED) is 0.646. The highest BCUT2D eigenvalue weighted by atomic mass is 16.2. The van der Waals surface area contributed by atoms with Crippen molar-refractivity contribution in [1.29, 1.82) is 0 Å². The van der Waals surface area contributed by atoms with E-state index in [-0.39, 0.29) is 12.1 Å². The number of rotatable bonds is 4. The smallest absolute Gasteiger partial charge is 0.317 e. The van der Waals surface area contributed by atoms with Crippen LogP contribution in [0.3, 0.4) is 0 Å². The van der Waals surface area contributed by atoms with Crippen molar-refractivity contribution in [2.45, 2.75) is 26.3 Å². The zero-order chi connectivity index (χ0) is 9.56. The molecule has 0 radical (unpaired) electrons. The molecule has 0 spiro atoms. The molecule has 0 rings (SSSR count). The molecule has 4 heteroatoms. The molecule has 0 aliphatic rings. The monoisotopic (exact) mass is 173 g/mol. The predicted molar refractivity (Wildman–Crippen MR) is 50.0 cm³/mol. The van der Waals surface area contributed by atoms with Crippen LogP contribution in [0.5, 0.6) is 0 Å². The van der Waals surface area contributed by atoms with Crippen molar-refractivity contribution < 1.29 is 4.79 Å². The minimum Gasteiger partial charge on any atom is -0.335 e. The maximum absolute atomic E-state index is 11.2. The number of amides is 2. The van der Waals surface area contributed by atoms with Gasteiger partial charge in [0.05, 0.1) is 0 Å². The Balaban J connectivity index is 3.67. The zero-order valence-electron chi connectivity index (χ0n) is 8.13. The average molecular weight is 173 g/mol. The van der Waals surface area contributed by atoms with Crippen LogP contribution in [0.2, 0.25) is 0 Å². The lowest BCUT2D eigenvalue weighted by Crippen LogP contribution is -2.42. The molecule has 0 saturated carbocycles. The van der Waals surface area contributed by atoms with Gasteiger partial charge in [-0.2, -0.15) is 0 Å². The summed E-state index contributed by atoms with van der Waals surface area (Å²) in [6, 6.07) is 0.134. The Morgan fingerprint density at radius 1 is 1.67 bits per heavy atom. The normalized spacial score (nSPS) is 12.3. The van der Waals surface area contributed by atoms with Crippen LogP contribution in [0, 0.1) is 0 Å². The Labute approximate surface area is 74.1 Å². The minimum absolute atomic E-state index is 0.0292. The minimum atomic E-state index is -0.0292. The number of nitrogens with two attached hydrogens (primary N) is 1. The first-order valence-electron chi connectivity index (χ1n) is 4.33. The molecule has 0 aromatic carbocycles. The van der Waals surface area contributed by atoms with Crippen LogP contribution in [0.4, 0.5) is 4.79 Å². The Morgan fingerprint density at radius 2 is 2.25 bits per heavy atom. The van der Waals surface area contributed by atoms with Crippen LogP contribution >= 0.6 is 0 Å². The fourth-order valence-electron chi connectivity index (χ4n) is 0.787. The van der Waals surface area contributed by atoms with Crippen molar-refractivity contribution >= 4 is 6.03 Å². The molecule has 1 atom stereocenters. The van der Waals surface area contributed by atoms with Crippen molar-refractivity contribution in [3.05, 3.63) is 0 Å². The van der Waals surface area contributed by atoms with Gasteiger partial charge in [0.15, 0.2) is 0 Å². The molecule has 0 aromatic rings. The van der Waals surface area contributed by atoms with E-state index in [1.165, 1.54) is 0 Å². The van der Waals surface area contributed by atoms with Crippen LogP contribution in [0.15, 0.2) is 0 Å². The summed E-state index contributed by atoms with van der Waals surface area (Å²) >= 11 is 0. The summed E-state index contributed by atoms with van der Waals surface area (Å²) in [5, 5.41) is 2.84. The molecular weight excluding hydrogens is 154 g/mol. The van der Waals surface area contributed by atoms with Gasteiger partial charge < -0.3 is 16.0 Å². The van der Waals surface area contributed by atoms with Crippen molar-refractivity contribution in [2.75, 3.05) is 20.1 Å². The third-order valence-corrected chi connectivity index (χ3v) is 1.79. The molecule has 0 fully saturated rings. The van der Waals surface area contributed by atoms with E-state index in [0.717, 1.165) is 13.0 Å². The first-order valence-corrected chi connectivity index (χ1v) is 4.33. The highest BCUT2D eigenvalue weighted by Crippen LogP contribution is 1.90. The first-order chi connectivity index (χ1) is 5.61. The number of nitrogens with zero attached hydrogens (tertiary/aromatic N) is 1. The zero-order valence-corrected chi connectivity index (χ0v) is 8.13. The van der Waals surface area contributed by atoms with E-state index in [1.807, 2.05) is 13.8 Å². The Hall–Kier alpha value is -0.770. The molecule has 0 aliphatic carbocycles. The van der Waals surface area contributed by atoms with E-state index in [1.54, 1.807) is 11.9 Å². The summed E-state index contributed by atoms with van der Waals surface area (Å²) in [5.74, 6) is 0. The SMILES string of the molecule is CCN(C)C(=O)NC(C)CCN. The van der Waals surface area contributed by atoms with Crippen LogP contribution in [-0.2, 0) is 0 Å². The maximum Gasteiger partial charge on any atom is 0.317 e. The van der Waals surface area contributed by atoms with Crippen LogP contribution < -0.4 is 11.1 Å². The topological polar surface area (TPSA) is 58.4 Å². The molecule has 1 unspecified atom stereocenters. The van der Waals surface area contributed by atoms with Crippen LogP contribution in [-0.4, -0.2) is 37.1 Å². The Morgan fingerprint density at radius 3 is 2.67 bits per heavy atom. The third kappa shape index (κ3) is 4.18. The van der Waals surface area contributed by atoms with Gasteiger partial charge in [-0.3, -0.25) is 0 Å². The summed E-state index contributed by atoms with van der Waals surface area (Å²) in [4.78, 5) is 12.9. The number of carbonyl (C=O) groups is 1. The van der Waals surface area contributed by atoms with E-state index in [9.17, 15) is 4.79 Å². The molecule has 0 saturated heterocycles. The van der Waals surface area contributed by atoms with Gasteiger partial charge in [-0.05, 0) is 26.8 Å². The van der Waals surface area contributed by atoms with Gasteiger partial charge in [0.25, 0.3) is 0 Å². The Kier molecular flexibility index (Phi) is 5.45. The molecular formula is C8H19N3O. The van der Waals surface area contributed by atoms with Gasteiger partial charge in [0.1, 0.15) is 0 Å². The lowest BCUT2D eigenvalue weighted by atomic mass is 10.2. The standard InChI is InChI=1S/C8H19N3O/c1-4-11(3)8(12)10-7(2)5-6-9/h7H,4-6,9H2,1-3H3,(H,10,12). The number of hydrogen-bond acceptors (Lipinski definition) is 2. The van der Waals surface area contributed by atoms with E-state index in [2.05, 4.69) is 5.32 Å². The molecule has 0 aromatic heterocycles. The van der Waals surface area contributed by atoms with Crippen molar-refractivity contribution in [3.8, 4) is 0 Å². The van der Waals surface area contributed by atoms with Crippen LogP contribution in [0.1, 0.15) is 20.3 Å². The molecule has 72 valence electrons. The lowest BCUT2D eigenvalue weighted by Gasteiger charge is -2.19. The molecule has 0 heterocycles. The predicted octanol–water partition coefficient (Wildman–Crippen LogP) is 0.385. The maximum atomic E-state index is 11.2. The molecule has 12 heavy (non-hydrogen) atoms. The highest BCUT2D eigenvalue weighted by Gasteiger charge is 2.08. The van der Waals surface area contributed by atoms with Crippen molar-refractivity contribution in [2.24, 2.45) is 5.73 Å². The second-order valence-corrected chi connectivity index (χ2v) is 2.94. The fourth-order valence-corrected chi connectivity index (χ4v) is 0.787. The number of nitrogens with one attached hydrogen (secondary N) is 1. The number of carbonyl (C=O) groups excluding carboxylic acids is 1. The number of urea groups is 1. The van der Waals surface area contributed by atoms with Gasteiger partial charge in [-0.25, -0.2) is 4.79 Å². The summed E-state index contributed by atoms with van der Waals surface area (Å²) < 4.78 is 0. The summed E-state index contributed by atoms with van der Waals surface area (Å²) in [6.45, 7) is 5.22.